The van der Waals surface area contributed by atoms with Crippen molar-refractivity contribution in [2.75, 3.05) is 26.7 Å². The van der Waals surface area contributed by atoms with E-state index in [9.17, 15) is 9.50 Å². The molecule has 3 rings (SSSR count). The van der Waals surface area contributed by atoms with E-state index in [4.69, 9.17) is 4.74 Å². The second-order valence-corrected chi connectivity index (χ2v) is 6.14. The molecule has 0 saturated carbocycles. The molecule has 0 aliphatic carbocycles. The molecule has 0 amide bonds. The summed E-state index contributed by atoms with van der Waals surface area (Å²) in [6.45, 7) is 1.80. The molecule has 146 valence electrons. The summed E-state index contributed by atoms with van der Waals surface area (Å²) < 4.78 is 18.9. The van der Waals surface area contributed by atoms with Gasteiger partial charge in [-0.05, 0) is 23.8 Å². The highest BCUT2D eigenvalue weighted by Crippen LogP contribution is 2.17. The van der Waals surface area contributed by atoms with E-state index in [1.807, 2.05) is 18.2 Å². The first-order chi connectivity index (χ1) is 12.7. The first-order valence-electron chi connectivity index (χ1n) is 8.62. The molecule has 2 atom stereocenters. The Balaban J connectivity index is 0.00000261. The molecule has 0 radical (unpaired) electrons. The summed E-state index contributed by atoms with van der Waals surface area (Å²) in [5.41, 5.74) is 0.659. The van der Waals surface area contributed by atoms with Gasteiger partial charge in [0.1, 0.15) is 11.9 Å². The van der Waals surface area contributed by atoms with E-state index in [2.05, 4.69) is 20.2 Å². The molecule has 0 spiro atoms. The molecule has 0 bridgehead atoms. The van der Waals surface area contributed by atoms with E-state index in [-0.39, 0.29) is 35.9 Å². The fourth-order valence-electron chi connectivity index (χ4n) is 2.93. The lowest BCUT2D eigenvalue weighted by Gasteiger charge is -2.23. The number of aliphatic hydroxyl groups is 1. The lowest BCUT2D eigenvalue weighted by atomic mass is 10.1. The summed E-state index contributed by atoms with van der Waals surface area (Å²) in [4.78, 5) is 10.6. The van der Waals surface area contributed by atoms with Crippen LogP contribution in [0.3, 0.4) is 0 Å². The zero-order valence-electron chi connectivity index (χ0n) is 15.1. The average molecular weight is 486 g/mol. The van der Waals surface area contributed by atoms with Crippen LogP contribution < -0.4 is 10.1 Å². The van der Waals surface area contributed by atoms with Gasteiger partial charge in [0.25, 0.3) is 0 Å². The molecular weight excluding hydrogens is 462 g/mol. The van der Waals surface area contributed by atoms with Crippen molar-refractivity contribution in [3.05, 3.63) is 60.0 Å². The number of hydrogen-bond donors (Lipinski definition) is 2. The van der Waals surface area contributed by atoms with Gasteiger partial charge in [0.05, 0.1) is 12.6 Å². The lowest BCUT2D eigenvalue weighted by Crippen LogP contribution is -2.42. The van der Waals surface area contributed by atoms with Crippen molar-refractivity contribution >= 4 is 29.9 Å². The number of benzene rings is 1. The Morgan fingerprint density at radius 3 is 2.81 bits per heavy atom. The molecule has 1 aliphatic heterocycles. The standard InChI is InChI=1S/C19H23FN4O2.HI/c1-21-19(23-12-17(25)14-5-7-15(20)8-6-14)24-11-9-16(13-24)26-18-4-2-3-10-22-18;/h2-8,10,16-17,25H,9,11-13H2,1H3,(H,21,23);1H. The molecule has 2 unspecified atom stereocenters. The highest BCUT2D eigenvalue weighted by atomic mass is 127. The fraction of sp³-hybridized carbons (Fsp3) is 0.368. The van der Waals surface area contributed by atoms with Gasteiger partial charge in [0, 0.05) is 38.8 Å². The van der Waals surface area contributed by atoms with Crippen molar-refractivity contribution in [1.29, 1.82) is 0 Å². The van der Waals surface area contributed by atoms with E-state index in [1.165, 1.54) is 12.1 Å². The Labute approximate surface area is 175 Å². The zero-order valence-corrected chi connectivity index (χ0v) is 17.4. The molecule has 1 aromatic heterocycles. The topological polar surface area (TPSA) is 70.0 Å². The van der Waals surface area contributed by atoms with Crippen molar-refractivity contribution < 1.29 is 14.2 Å². The number of likely N-dealkylation sites (tertiary alicyclic amines) is 1. The Bertz CT molecular complexity index is 730. The third kappa shape index (κ3) is 6.03. The van der Waals surface area contributed by atoms with Gasteiger partial charge in [-0.1, -0.05) is 18.2 Å². The van der Waals surface area contributed by atoms with Crippen molar-refractivity contribution in [2.45, 2.75) is 18.6 Å². The highest BCUT2D eigenvalue weighted by Gasteiger charge is 2.26. The van der Waals surface area contributed by atoms with Gasteiger partial charge >= 0.3 is 0 Å². The lowest BCUT2D eigenvalue weighted by molar-refractivity contribution is 0.179. The third-order valence-electron chi connectivity index (χ3n) is 4.29. The number of aliphatic hydroxyl groups excluding tert-OH is 1. The predicted molar refractivity (Wildman–Crippen MR) is 113 cm³/mol. The summed E-state index contributed by atoms with van der Waals surface area (Å²) in [6.07, 6.45) is 1.89. The van der Waals surface area contributed by atoms with E-state index < -0.39 is 6.10 Å². The maximum Gasteiger partial charge on any atom is 0.213 e. The minimum absolute atomic E-state index is 0. The minimum atomic E-state index is -0.740. The molecule has 8 heteroatoms. The summed E-state index contributed by atoms with van der Waals surface area (Å²) in [7, 11) is 1.71. The Kier molecular flexibility index (Phi) is 8.23. The van der Waals surface area contributed by atoms with Gasteiger partial charge in [0.2, 0.25) is 5.88 Å². The van der Waals surface area contributed by atoms with E-state index in [1.54, 1.807) is 25.4 Å². The monoisotopic (exact) mass is 486 g/mol. The summed E-state index contributed by atoms with van der Waals surface area (Å²) in [6, 6.07) is 11.4. The van der Waals surface area contributed by atoms with Gasteiger partial charge in [0.15, 0.2) is 5.96 Å². The molecular formula is C19H24FIN4O2. The van der Waals surface area contributed by atoms with Gasteiger partial charge in [-0.25, -0.2) is 9.37 Å². The maximum absolute atomic E-state index is 13.0. The van der Waals surface area contributed by atoms with Crippen LogP contribution in [0, 0.1) is 5.82 Å². The second-order valence-electron chi connectivity index (χ2n) is 6.14. The normalized spacial score (nSPS) is 18.0. The van der Waals surface area contributed by atoms with Gasteiger partial charge < -0.3 is 20.1 Å². The summed E-state index contributed by atoms with van der Waals surface area (Å²) >= 11 is 0. The number of pyridine rings is 1. The van der Waals surface area contributed by atoms with Crippen LogP contribution in [0.1, 0.15) is 18.1 Å². The van der Waals surface area contributed by atoms with Gasteiger partial charge in [-0.3, -0.25) is 4.99 Å². The Hall–Kier alpha value is -1.94. The van der Waals surface area contributed by atoms with E-state index in [0.717, 1.165) is 13.0 Å². The third-order valence-corrected chi connectivity index (χ3v) is 4.29. The number of aromatic nitrogens is 1. The fourth-order valence-corrected chi connectivity index (χ4v) is 2.93. The number of rotatable bonds is 5. The SMILES string of the molecule is CN=C(NCC(O)c1ccc(F)cc1)N1CCC(Oc2ccccn2)C1.I. The van der Waals surface area contributed by atoms with Crippen LogP contribution in [-0.2, 0) is 0 Å². The molecule has 6 nitrogen and oxygen atoms in total. The molecule has 2 N–H and O–H groups in total. The number of ether oxygens (including phenoxy) is 1. The largest absolute Gasteiger partial charge is 0.472 e. The minimum Gasteiger partial charge on any atom is -0.472 e. The first-order valence-corrected chi connectivity index (χ1v) is 8.62. The van der Waals surface area contributed by atoms with Crippen molar-refractivity contribution in [3.63, 3.8) is 0 Å². The molecule has 2 aromatic rings. The molecule has 1 fully saturated rings. The predicted octanol–water partition coefficient (Wildman–Crippen LogP) is 2.60. The first kappa shape index (κ1) is 21.4. The van der Waals surface area contributed by atoms with Crippen LogP contribution in [0.2, 0.25) is 0 Å². The van der Waals surface area contributed by atoms with Crippen molar-refractivity contribution in [1.82, 2.24) is 15.2 Å². The van der Waals surface area contributed by atoms with Crippen molar-refractivity contribution in [3.8, 4) is 5.88 Å². The Morgan fingerprint density at radius 2 is 2.15 bits per heavy atom. The molecule has 1 saturated heterocycles. The van der Waals surface area contributed by atoms with Gasteiger partial charge in [-0.15, -0.1) is 24.0 Å². The Morgan fingerprint density at radius 1 is 1.37 bits per heavy atom. The average Bonchev–Trinajstić information content (AvgIpc) is 3.12. The number of halogens is 2. The van der Waals surface area contributed by atoms with Crippen LogP contribution in [0.4, 0.5) is 4.39 Å². The second kappa shape index (κ2) is 10.4. The smallest absolute Gasteiger partial charge is 0.213 e. The van der Waals surface area contributed by atoms with Crippen LogP contribution in [-0.4, -0.2) is 53.7 Å². The van der Waals surface area contributed by atoms with Crippen LogP contribution >= 0.6 is 24.0 Å². The molecule has 1 aliphatic rings. The van der Waals surface area contributed by atoms with E-state index in [0.29, 0.717) is 30.5 Å². The summed E-state index contributed by atoms with van der Waals surface area (Å²) in [5, 5.41) is 13.4. The molecule has 2 heterocycles. The molecule has 1 aromatic carbocycles. The number of nitrogens with one attached hydrogen (secondary N) is 1. The highest BCUT2D eigenvalue weighted by molar-refractivity contribution is 14.0. The van der Waals surface area contributed by atoms with E-state index >= 15 is 0 Å². The van der Waals surface area contributed by atoms with Crippen LogP contribution in [0.15, 0.2) is 53.7 Å². The van der Waals surface area contributed by atoms with Crippen LogP contribution in [0.25, 0.3) is 0 Å². The molecule has 27 heavy (non-hydrogen) atoms. The van der Waals surface area contributed by atoms with Crippen LogP contribution in [0.5, 0.6) is 5.88 Å². The number of guanidine groups is 1. The van der Waals surface area contributed by atoms with Gasteiger partial charge in [-0.2, -0.15) is 0 Å². The summed E-state index contributed by atoms with van der Waals surface area (Å²) in [5.74, 6) is 1.01. The van der Waals surface area contributed by atoms with Crippen molar-refractivity contribution in [2.24, 2.45) is 4.99 Å². The quantitative estimate of drug-likeness (QED) is 0.387. The number of hydrogen-bond acceptors (Lipinski definition) is 4. The number of aliphatic imine (C=N–C) groups is 1. The number of nitrogens with zero attached hydrogens (tertiary/aromatic N) is 3. The zero-order chi connectivity index (χ0) is 18.4. The maximum atomic E-state index is 13.0.